The molecule has 19 rings (SSSR count). The summed E-state index contributed by atoms with van der Waals surface area (Å²) >= 11 is 0. The molecule has 0 aliphatic rings. The van der Waals surface area contributed by atoms with Crippen molar-refractivity contribution in [1.29, 1.82) is 0 Å². The highest BCUT2D eigenvalue weighted by Crippen LogP contribution is 2.53. The lowest BCUT2D eigenvalue weighted by atomic mass is 9.85. The maximum Gasteiger partial charge on any atom is 0.235 e. The standard InChI is InChI=1S/C97H81N9/c1-94(2,3)65-38-46-79-73(54-65)74-55-66(95(4,5)6)39-47-80(74)103(79)90-71(63-36-44-83-87(52-63)105-85-50-61(59-26-18-14-19-27-59)34-42-77(85)99-92(105)101(83)69-30-22-16-23-31-69)58-72(91(89(90)98-13)104-81-48-40-67(96(7,8)9)56-75(81)76-57-68(97(10,11)12)41-49-82(76)104)64-37-45-84-88(53-64)106-86-51-62(60-28-20-15-21-29-60)35-43-78(86)100-93(106)102(84)70-32-24-17-25-33-70/h14-58H,1-12H3. The Labute approximate surface area is 617 Å². The van der Waals surface area contributed by atoms with Gasteiger partial charge in [-0.05, 0) is 216 Å². The molecule has 514 valence electrons. The molecule has 0 amide bonds. The van der Waals surface area contributed by atoms with Gasteiger partial charge in [-0.1, -0.05) is 229 Å². The fourth-order valence-corrected chi connectivity index (χ4v) is 16.6. The number of hydrogen-bond donors (Lipinski definition) is 0. The van der Waals surface area contributed by atoms with Crippen molar-refractivity contribution in [3.05, 3.63) is 307 Å². The van der Waals surface area contributed by atoms with E-state index in [1.54, 1.807) is 0 Å². The van der Waals surface area contributed by atoms with E-state index in [0.717, 1.165) is 167 Å². The Morgan fingerprint density at radius 1 is 0.264 bits per heavy atom. The zero-order valence-electron chi connectivity index (χ0n) is 62.0. The van der Waals surface area contributed by atoms with Crippen molar-refractivity contribution in [2.45, 2.75) is 105 Å². The largest absolute Gasteiger partial charge is 0.318 e. The molecule has 6 heterocycles. The van der Waals surface area contributed by atoms with E-state index in [9.17, 15) is 6.57 Å². The van der Waals surface area contributed by atoms with E-state index in [4.69, 9.17) is 14.8 Å². The average Bonchev–Trinajstić information content (AvgIpc) is 1.51. The smallest absolute Gasteiger partial charge is 0.235 e. The first-order valence-electron chi connectivity index (χ1n) is 37.0. The van der Waals surface area contributed by atoms with E-state index in [0.29, 0.717) is 5.69 Å². The minimum absolute atomic E-state index is 0.152. The number of hydrogen-bond acceptors (Lipinski definition) is 2. The van der Waals surface area contributed by atoms with E-state index in [1.807, 2.05) is 0 Å². The van der Waals surface area contributed by atoms with Gasteiger partial charge in [-0.25, -0.2) is 14.8 Å². The topological polar surface area (TPSA) is 58.7 Å². The van der Waals surface area contributed by atoms with Gasteiger partial charge in [0.05, 0.1) is 84.1 Å². The van der Waals surface area contributed by atoms with Gasteiger partial charge in [0.1, 0.15) is 0 Å². The maximum absolute atomic E-state index is 10.4. The zero-order chi connectivity index (χ0) is 72.6. The third-order valence-corrected chi connectivity index (χ3v) is 22.3. The van der Waals surface area contributed by atoms with Gasteiger partial charge < -0.3 is 9.13 Å². The Kier molecular flexibility index (Phi) is 14.1. The number of rotatable bonds is 8. The Bertz CT molecular complexity index is 6340. The molecule has 0 radical (unpaired) electrons. The first-order valence-corrected chi connectivity index (χ1v) is 37.0. The van der Waals surface area contributed by atoms with E-state index in [-0.39, 0.29) is 21.7 Å². The molecule has 0 N–H and O–H groups in total. The van der Waals surface area contributed by atoms with Crippen LogP contribution in [0.2, 0.25) is 0 Å². The normalized spacial score (nSPS) is 12.7. The Morgan fingerprint density at radius 2 is 0.566 bits per heavy atom. The van der Waals surface area contributed by atoms with E-state index in [1.165, 1.54) is 22.3 Å². The minimum atomic E-state index is -0.152. The predicted octanol–water partition coefficient (Wildman–Crippen LogP) is 25.8. The average molecular weight is 1370 g/mol. The van der Waals surface area contributed by atoms with Crippen LogP contribution in [-0.4, -0.2) is 37.0 Å². The summed E-state index contributed by atoms with van der Waals surface area (Å²) in [6.07, 6.45) is 0. The Balaban J connectivity index is 1.01. The van der Waals surface area contributed by atoms with Gasteiger partial charge >= 0.3 is 0 Å². The highest BCUT2D eigenvalue weighted by Gasteiger charge is 2.32. The molecule has 6 aromatic heterocycles. The molecule has 0 aliphatic heterocycles. The van der Waals surface area contributed by atoms with Gasteiger partial charge in [-0.3, -0.25) is 17.9 Å². The van der Waals surface area contributed by atoms with Crippen LogP contribution in [0.25, 0.3) is 171 Å². The van der Waals surface area contributed by atoms with Gasteiger partial charge in [-0.2, -0.15) is 0 Å². The first kappa shape index (κ1) is 64.3. The predicted molar refractivity (Wildman–Crippen MR) is 444 cm³/mol. The van der Waals surface area contributed by atoms with Crippen LogP contribution < -0.4 is 0 Å². The number of imidazole rings is 4. The van der Waals surface area contributed by atoms with Gasteiger partial charge in [0.15, 0.2) is 0 Å². The third kappa shape index (κ3) is 10.0. The van der Waals surface area contributed by atoms with Crippen LogP contribution in [0.15, 0.2) is 273 Å². The molecule has 9 nitrogen and oxygen atoms in total. The van der Waals surface area contributed by atoms with Gasteiger partial charge in [0.25, 0.3) is 0 Å². The molecule has 0 unspecified atom stereocenters. The van der Waals surface area contributed by atoms with Crippen LogP contribution in [0.4, 0.5) is 5.69 Å². The summed E-state index contributed by atoms with van der Waals surface area (Å²) < 4.78 is 14.2. The van der Waals surface area contributed by atoms with Crippen molar-refractivity contribution in [3.8, 4) is 67.3 Å². The number of nitrogens with zero attached hydrogens (tertiary/aromatic N) is 9. The van der Waals surface area contributed by atoms with Crippen LogP contribution in [0.1, 0.15) is 105 Å². The van der Waals surface area contributed by atoms with Crippen molar-refractivity contribution in [1.82, 2.24) is 37.0 Å². The maximum atomic E-state index is 10.4. The molecule has 0 bridgehead atoms. The second kappa shape index (κ2) is 23.2. The van der Waals surface area contributed by atoms with E-state index < -0.39 is 0 Å². The summed E-state index contributed by atoms with van der Waals surface area (Å²) in [6, 6.07) is 100. The lowest BCUT2D eigenvalue weighted by Crippen LogP contribution is -2.10. The molecule has 106 heavy (non-hydrogen) atoms. The van der Waals surface area contributed by atoms with Crippen molar-refractivity contribution < 1.29 is 0 Å². The van der Waals surface area contributed by atoms with Crippen LogP contribution in [-0.2, 0) is 21.7 Å². The quantitative estimate of drug-likeness (QED) is 0.142. The number of fused-ring (bicyclic) bond motifs is 16. The van der Waals surface area contributed by atoms with Crippen LogP contribution in [0.5, 0.6) is 0 Å². The van der Waals surface area contributed by atoms with Crippen molar-refractivity contribution in [2.24, 2.45) is 0 Å². The summed E-state index contributed by atoms with van der Waals surface area (Å²) in [4.78, 5) is 16.2. The highest BCUT2D eigenvalue weighted by atomic mass is 15.2. The highest BCUT2D eigenvalue weighted by molar-refractivity contribution is 6.15. The number of para-hydroxylation sites is 2. The first-order chi connectivity index (χ1) is 51.0. The zero-order valence-corrected chi connectivity index (χ0v) is 62.0. The summed E-state index contributed by atoms with van der Waals surface area (Å²) in [5.41, 5.74) is 28.5. The van der Waals surface area contributed by atoms with Gasteiger partial charge in [-0.15, -0.1) is 0 Å². The molecule has 0 saturated carbocycles. The van der Waals surface area contributed by atoms with Gasteiger partial charge in [0, 0.05) is 32.9 Å². The Morgan fingerprint density at radius 3 is 0.887 bits per heavy atom. The summed E-state index contributed by atoms with van der Waals surface area (Å²) in [5, 5.41) is 4.55. The number of benzene rings is 13. The molecule has 0 fully saturated rings. The molecule has 0 saturated heterocycles. The second-order valence-corrected chi connectivity index (χ2v) is 33.1. The van der Waals surface area contributed by atoms with E-state index in [2.05, 4.69) is 383 Å². The summed E-state index contributed by atoms with van der Waals surface area (Å²) in [7, 11) is 0. The molecular weight excluding hydrogens is 1290 g/mol. The van der Waals surface area contributed by atoms with Gasteiger partial charge in [0.2, 0.25) is 17.2 Å². The van der Waals surface area contributed by atoms with Crippen molar-refractivity contribution >= 4 is 105 Å². The molecule has 0 spiro atoms. The van der Waals surface area contributed by atoms with Crippen LogP contribution in [0.3, 0.4) is 0 Å². The lowest BCUT2D eigenvalue weighted by molar-refractivity contribution is 0.590. The monoisotopic (exact) mass is 1370 g/mol. The van der Waals surface area contributed by atoms with Crippen LogP contribution >= 0.6 is 0 Å². The molecule has 9 heteroatoms. The van der Waals surface area contributed by atoms with Crippen molar-refractivity contribution in [3.63, 3.8) is 0 Å². The van der Waals surface area contributed by atoms with Crippen LogP contribution in [0, 0.1) is 6.57 Å². The van der Waals surface area contributed by atoms with E-state index >= 15 is 0 Å². The molecule has 13 aromatic carbocycles. The molecule has 0 atom stereocenters. The fourth-order valence-electron chi connectivity index (χ4n) is 16.6. The summed E-state index contributed by atoms with van der Waals surface area (Å²) in [5.74, 6) is 1.62. The minimum Gasteiger partial charge on any atom is -0.318 e. The number of aromatic nitrogens is 8. The molecule has 0 aliphatic carbocycles. The SMILES string of the molecule is [C-]#[N+]c1c(-n2c3ccc(C(C)(C)C)cc3c3cc(C(C)(C)C)ccc32)c(-c2ccc3c(c2)n2c4cc(-c5ccccc5)ccc4nc2n3-c2ccccc2)cc(-c2ccc3c(c2)n2c4cc(-c5ccccc5)ccc4nc2n3-c2ccccc2)c1-n1c2ccc(C(C)(C)C)cc2c2cc(C(C)(C)C)ccc21. The van der Waals surface area contributed by atoms with Crippen molar-refractivity contribution in [2.75, 3.05) is 0 Å². The third-order valence-electron chi connectivity index (χ3n) is 22.3. The molecule has 19 aromatic rings. The summed E-state index contributed by atoms with van der Waals surface area (Å²) in [6.45, 7) is 38.0. The lowest BCUT2D eigenvalue weighted by Gasteiger charge is -2.25. The Hall–Kier alpha value is -12.5. The second-order valence-electron chi connectivity index (χ2n) is 33.1. The fraction of sp³-hybridized carbons (Fsp3) is 0.165. The molecular formula is C97H81N9.